The molecule has 0 unspecified atom stereocenters. The van der Waals surface area contributed by atoms with E-state index in [0.29, 0.717) is 4.88 Å². The highest BCUT2D eigenvalue weighted by Gasteiger charge is 2.28. The van der Waals surface area contributed by atoms with Crippen LogP contribution in [0.1, 0.15) is 16.8 Å². The third-order valence-electron chi connectivity index (χ3n) is 1.51. The Morgan fingerprint density at radius 1 is 1.73 bits per heavy atom. The second kappa shape index (κ2) is 4.85. The molecule has 0 spiro atoms. The second-order valence-electron chi connectivity index (χ2n) is 2.93. The van der Waals surface area contributed by atoms with Crippen LogP contribution < -0.4 is 5.32 Å². The second-order valence-corrected chi connectivity index (χ2v) is 4.31. The summed E-state index contributed by atoms with van der Waals surface area (Å²) in [6, 6.07) is 0. The first-order chi connectivity index (χ1) is 6.93. The Bertz CT molecular complexity index is 351. The molecule has 0 saturated heterocycles. The van der Waals surface area contributed by atoms with Crippen LogP contribution in [0.5, 0.6) is 0 Å². The van der Waals surface area contributed by atoms with E-state index in [0.717, 1.165) is 18.3 Å². The van der Waals surface area contributed by atoms with Gasteiger partial charge in [-0.1, -0.05) is 0 Å². The lowest BCUT2D eigenvalue weighted by Crippen LogP contribution is -2.23. The predicted molar refractivity (Wildman–Crippen MR) is 54.2 cm³/mol. The van der Waals surface area contributed by atoms with E-state index in [-0.39, 0.29) is 23.3 Å². The van der Waals surface area contributed by atoms with E-state index in [4.69, 9.17) is 11.6 Å². The normalized spacial score (nSPS) is 11.5. The number of rotatable bonds is 4. The molecular formula is C8H9ClF2N2OS. The zero-order valence-corrected chi connectivity index (χ0v) is 9.46. The molecule has 1 aromatic heterocycles. The monoisotopic (exact) mass is 254 g/mol. The van der Waals surface area contributed by atoms with E-state index in [2.05, 4.69) is 10.3 Å². The fourth-order valence-corrected chi connectivity index (χ4v) is 1.70. The molecule has 0 fully saturated rings. The molecule has 0 saturated carbocycles. The van der Waals surface area contributed by atoms with Gasteiger partial charge in [-0.15, -0.1) is 22.9 Å². The zero-order valence-electron chi connectivity index (χ0n) is 7.89. The van der Waals surface area contributed by atoms with Crippen molar-refractivity contribution in [3.05, 3.63) is 16.1 Å². The standard InChI is InChI=1S/C8H9ClF2N2OS/c1-8(10,11)7-13-4-5(15-7)3-12-6(14)2-9/h4H,2-3H2,1H3,(H,12,14). The maximum absolute atomic E-state index is 12.8. The molecule has 0 radical (unpaired) electrons. The van der Waals surface area contributed by atoms with Crippen molar-refractivity contribution in [2.24, 2.45) is 0 Å². The van der Waals surface area contributed by atoms with Gasteiger partial charge >= 0.3 is 0 Å². The van der Waals surface area contributed by atoms with Gasteiger partial charge in [0.15, 0.2) is 5.01 Å². The van der Waals surface area contributed by atoms with Gasteiger partial charge in [-0.3, -0.25) is 4.79 Å². The number of nitrogens with zero attached hydrogens (tertiary/aromatic N) is 1. The number of hydrogen-bond acceptors (Lipinski definition) is 3. The van der Waals surface area contributed by atoms with Gasteiger partial charge in [-0.2, -0.15) is 8.78 Å². The number of aromatic nitrogens is 1. The van der Waals surface area contributed by atoms with Crippen molar-refractivity contribution in [2.45, 2.75) is 19.4 Å². The van der Waals surface area contributed by atoms with Crippen LogP contribution >= 0.6 is 22.9 Å². The first kappa shape index (κ1) is 12.3. The van der Waals surface area contributed by atoms with E-state index in [1.54, 1.807) is 0 Å². The molecule has 0 atom stereocenters. The maximum Gasteiger partial charge on any atom is 0.296 e. The van der Waals surface area contributed by atoms with Crippen molar-refractivity contribution in [3.63, 3.8) is 0 Å². The van der Waals surface area contributed by atoms with Gasteiger partial charge in [0.2, 0.25) is 5.91 Å². The Morgan fingerprint density at radius 2 is 2.40 bits per heavy atom. The summed E-state index contributed by atoms with van der Waals surface area (Å²) in [5, 5.41) is 2.22. The third kappa shape index (κ3) is 3.71. The number of amides is 1. The van der Waals surface area contributed by atoms with E-state index in [1.807, 2.05) is 0 Å². The van der Waals surface area contributed by atoms with Crippen LogP contribution in [0.3, 0.4) is 0 Å². The summed E-state index contributed by atoms with van der Waals surface area (Å²) < 4.78 is 25.5. The molecule has 0 aliphatic carbocycles. The van der Waals surface area contributed by atoms with Crippen molar-refractivity contribution >= 4 is 28.8 Å². The highest BCUT2D eigenvalue weighted by atomic mass is 35.5. The minimum Gasteiger partial charge on any atom is -0.350 e. The highest BCUT2D eigenvalue weighted by molar-refractivity contribution is 7.11. The number of nitrogens with one attached hydrogen (secondary N) is 1. The molecule has 7 heteroatoms. The van der Waals surface area contributed by atoms with Gasteiger partial charge in [-0.05, 0) is 0 Å². The third-order valence-corrected chi connectivity index (χ3v) is 2.92. The number of hydrogen-bond donors (Lipinski definition) is 1. The number of carbonyl (C=O) groups excluding carboxylic acids is 1. The number of carbonyl (C=O) groups is 1. The smallest absolute Gasteiger partial charge is 0.296 e. The van der Waals surface area contributed by atoms with Crippen LogP contribution in [-0.4, -0.2) is 16.8 Å². The Balaban J connectivity index is 2.58. The van der Waals surface area contributed by atoms with Crippen LogP contribution in [0.4, 0.5) is 8.78 Å². The largest absolute Gasteiger partial charge is 0.350 e. The minimum atomic E-state index is -2.93. The summed E-state index contributed by atoms with van der Waals surface area (Å²) in [7, 11) is 0. The molecule has 1 N–H and O–H groups in total. The number of alkyl halides is 3. The van der Waals surface area contributed by atoms with Gasteiger partial charge in [0.05, 0.1) is 6.54 Å². The van der Waals surface area contributed by atoms with Crippen LogP contribution in [0.15, 0.2) is 6.20 Å². The SMILES string of the molecule is CC(F)(F)c1ncc(CNC(=O)CCl)s1. The molecule has 0 bridgehead atoms. The molecule has 15 heavy (non-hydrogen) atoms. The van der Waals surface area contributed by atoms with E-state index in [9.17, 15) is 13.6 Å². The van der Waals surface area contributed by atoms with E-state index < -0.39 is 5.92 Å². The van der Waals surface area contributed by atoms with Gasteiger partial charge in [0.25, 0.3) is 5.92 Å². The molecule has 1 rings (SSSR count). The average Bonchev–Trinajstić information content (AvgIpc) is 2.61. The highest BCUT2D eigenvalue weighted by Crippen LogP contribution is 2.30. The molecular weight excluding hydrogens is 246 g/mol. The Hall–Kier alpha value is -0.750. The minimum absolute atomic E-state index is 0.143. The van der Waals surface area contributed by atoms with Crippen molar-refractivity contribution in [3.8, 4) is 0 Å². The summed E-state index contributed by atoms with van der Waals surface area (Å²) in [6.07, 6.45) is 1.33. The van der Waals surface area contributed by atoms with Crippen molar-refractivity contribution in [1.29, 1.82) is 0 Å². The molecule has 3 nitrogen and oxygen atoms in total. The first-order valence-corrected chi connectivity index (χ1v) is 5.44. The average molecular weight is 255 g/mol. The molecule has 0 aromatic carbocycles. The fourth-order valence-electron chi connectivity index (χ4n) is 0.825. The summed E-state index contributed by atoms with van der Waals surface area (Å²) >= 11 is 6.13. The van der Waals surface area contributed by atoms with Gasteiger partial charge in [0, 0.05) is 18.0 Å². The van der Waals surface area contributed by atoms with Gasteiger partial charge in [0.1, 0.15) is 5.88 Å². The molecule has 84 valence electrons. The topological polar surface area (TPSA) is 42.0 Å². The van der Waals surface area contributed by atoms with Crippen molar-refractivity contribution in [1.82, 2.24) is 10.3 Å². The Kier molecular flexibility index (Phi) is 3.98. The molecule has 0 aliphatic rings. The Morgan fingerprint density at radius 3 is 2.87 bits per heavy atom. The number of thiazole rings is 1. The summed E-state index contributed by atoms with van der Waals surface area (Å²) in [5.41, 5.74) is 0. The van der Waals surface area contributed by atoms with Crippen molar-refractivity contribution in [2.75, 3.05) is 5.88 Å². The lowest BCUT2D eigenvalue weighted by molar-refractivity contribution is -0.118. The van der Waals surface area contributed by atoms with Crippen LogP contribution in [-0.2, 0) is 17.3 Å². The maximum atomic E-state index is 12.8. The quantitative estimate of drug-likeness (QED) is 0.837. The summed E-state index contributed by atoms with van der Waals surface area (Å²) in [4.78, 5) is 14.9. The zero-order chi connectivity index (χ0) is 11.5. The lowest BCUT2D eigenvalue weighted by atomic mass is 10.4. The van der Waals surface area contributed by atoms with Gasteiger partial charge < -0.3 is 5.32 Å². The lowest BCUT2D eigenvalue weighted by Gasteiger charge is -2.04. The van der Waals surface area contributed by atoms with E-state index in [1.165, 1.54) is 6.20 Å². The number of halogens is 3. The first-order valence-electron chi connectivity index (χ1n) is 4.09. The van der Waals surface area contributed by atoms with Gasteiger partial charge in [-0.25, -0.2) is 4.98 Å². The summed E-state index contributed by atoms with van der Waals surface area (Å²) in [6.45, 7) is 0.965. The molecule has 1 amide bonds. The van der Waals surface area contributed by atoms with Crippen molar-refractivity contribution < 1.29 is 13.6 Å². The van der Waals surface area contributed by atoms with Crippen LogP contribution in [0, 0.1) is 0 Å². The fraction of sp³-hybridized carbons (Fsp3) is 0.500. The Labute approximate surface area is 94.5 Å². The molecule has 1 aromatic rings. The summed E-state index contributed by atoms with van der Waals surface area (Å²) in [5.74, 6) is -3.41. The molecule has 1 heterocycles. The molecule has 0 aliphatic heterocycles. The predicted octanol–water partition coefficient (Wildman–Crippen LogP) is 2.11. The van der Waals surface area contributed by atoms with E-state index >= 15 is 0 Å². The van der Waals surface area contributed by atoms with Crippen LogP contribution in [0.25, 0.3) is 0 Å². The van der Waals surface area contributed by atoms with Crippen LogP contribution in [0.2, 0.25) is 0 Å².